The van der Waals surface area contributed by atoms with Crippen molar-refractivity contribution >= 4 is 45.9 Å². The summed E-state index contributed by atoms with van der Waals surface area (Å²) in [5.74, 6) is -4.08. The molecule has 0 radical (unpaired) electrons. The molecule has 0 aliphatic carbocycles. The average Bonchev–Trinajstić information content (AvgIpc) is 3.02. The van der Waals surface area contributed by atoms with Gasteiger partial charge in [-0.1, -0.05) is 5.16 Å². The number of carboxylic acid groups (broad SMARTS) is 2. The van der Waals surface area contributed by atoms with Crippen molar-refractivity contribution in [2.45, 2.75) is 25.5 Å². The summed E-state index contributed by atoms with van der Waals surface area (Å²) in [5.41, 5.74) is 3.48. The smallest absolute Gasteiger partial charge is 0.350 e. The Bertz CT molecular complexity index is 835. The molecule has 5 N–H and O–H groups in total. The van der Waals surface area contributed by atoms with Crippen molar-refractivity contribution in [3.8, 4) is 0 Å². The third kappa shape index (κ3) is 4.92. The van der Waals surface area contributed by atoms with Crippen molar-refractivity contribution in [1.29, 1.82) is 0 Å². The molecule has 1 fully saturated rings. The number of nitrogen functional groups attached to an aromatic ring is 1. The van der Waals surface area contributed by atoms with E-state index in [0.29, 0.717) is 0 Å². The van der Waals surface area contributed by atoms with Gasteiger partial charge in [0.25, 0.3) is 11.8 Å². The Kier molecular flexibility index (Phi) is 6.15. The third-order valence-electron chi connectivity index (χ3n) is 3.40. The second kappa shape index (κ2) is 8.18. The molecule has 0 saturated carbocycles. The average molecular weight is 415 g/mol. The summed E-state index contributed by atoms with van der Waals surface area (Å²) in [6, 6.07) is -0.977. The van der Waals surface area contributed by atoms with Crippen LogP contribution in [0.4, 0.5) is 5.13 Å². The number of nitrogens with zero attached hydrogens (tertiary/aromatic N) is 3. The Balaban J connectivity index is 2.09. The molecule has 1 saturated heterocycles. The van der Waals surface area contributed by atoms with Crippen LogP contribution in [0.25, 0.3) is 0 Å². The van der Waals surface area contributed by atoms with E-state index in [-0.39, 0.29) is 23.1 Å². The third-order valence-corrected chi connectivity index (χ3v) is 4.08. The van der Waals surface area contributed by atoms with E-state index in [2.05, 4.69) is 15.5 Å². The maximum atomic E-state index is 12.5. The monoisotopic (exact) mass is 415 g/mol. The lowest BCUT2D eigenvalue weighted by molar-refractivity contribution is -0.216. The fraction of sp³-hybridized carbons (Fsp3) is 0.429. The number of aromatic nitrogens is 1. The zero-order chi connectivity index (χ0) is 21.1. The summed E-state index contributed by atoms with van der Waals surface area (Å²) in [5, 5.41) is 25.9. The van der Waals surface area contributed by atoms with Gasteiger partial charge in [0.15, 0.2) is 17.5 Å². The molecule has 2 heterocycles. The maximum Gasteiger partial charge on any atom is 0.350 e. The van der Waals surface area contributed by atoms with Gasteiger partial charge in [0.2, 0.25) is 5.60 Å². The first-order valence-corrected chi connectivity index (χ1v) is 8.57. The SMILES string of the molecule is CC(C)(ON=C(C(=O)N[C@H]1CN(OCC(=O)O)C1=O)c1csc(N)n1)C(=O)O. The van der Waals surface area contributed by atoms with Crippen molar-refractivity contribution in [3.05, 3.63) is 11.1 Å². The highest BCUT2D eigenvalue weighted by Crippen LogP contribution is 2.16. The van der Waals surface area contributed by atoms with Crippen LogP contribution in [0, 0.1) is 0 Å². The van der Waals surface area contributed by atoms with Gasteiger partial charge in [0.1, 0.15) is 11.7 Å². The molecule has 28 heavy (non-hydrogen) atoms. The number of nitrogens with one attached hydrogen (secondary N) is 1. The predicted molar refractivity (Wildman–Crippen MR) is 93.1 cm³/mol. The van der Waals surface area contributed by atoms with Gasteiger partial charge in [-0.3, -0.25) is 14.4 Å². The number of carbonyl (C=O) groups excluding carboxylic acids is 2. The fourth-order valence-electron chi connectivity index (χ4n) is 1.78. The molecule has 1 aliphatic rings. The van der Waals surface area contributed by atoms with Gasteiger partial charge in [-0.15, -0.1) is 11.3 Å². The van der Waals surface area contributed by atoms with E-state index in [0.717, 1.165) is 16.4 Å². The summed E-state index contributed by atoms with van der Waals surface area (Å²) in [6.45, 7) is 1.69. The summed E-state index contributed by atoms with van der Waals surface area (Å²) in [6.07, 6.45) is 0. The highest BCUT2D eigenvalue weighted by molar-refractivity contribution is 7.13. The lowest BCUT2D eigenvalue weighted by Crippen LogP contribution is -2.64. The van der Waals surface area contributed by atoms with Crippen molar-refractivity contribution in [1.82, 2.24) is 15.4 Å². The minimum atomic E-state index is -1.72. The normalized spacial score (nSPS) is 17.1. The first-order chi connectivity index (χ1) is 13.0. The van der Waals surface area contributed by atoms with E-state index in [1.165, 1.54) is 19.2 Å². The van der Waals surface area contributed by atoms with Crippen LogP contribution < -0.4 is 11.1 Å². The lowest BCUT2D eigenvalue weighted by Gasteiger charge is -2.36. The van der Waals surface area contributed by atoms with Crippen molar-refractivity contribution in [3.63, 3.8) is 0 Å². The van der Waals surface area contributed by atoms with Crippen LogP contribution in [0.5, 0.6) is 0 Å². The topological polar surface area (TPSA) is 194 Å². The summed E-state index contributed by atoms with van der Waals surface area (Å²) in [7, 11) is 0. The van der Waals surface area contributed by atoms with Crippen LogP contribution in [-0.4, -0.2) is 74.5 Å². The number of carboxylic acids is 2. The van der Waals surface area contributed by atoms with E-state index < -0.39 is 42.0 Å². The molecular formula is C14H17N5O8S. The van der Waals surface area contributed by atoms with E-state index in [9.17, 15) is 19.2 Å². The molecule has 13 nitrogen and oxygen atoms in total. The number of nitrogens with two attached hydrogens (primary N) is 1. The Hall–Kier alpha value is -3.26. The number of amides is 2. The van der Waals surface area contributed by atoms with Crippen LogP contribution in [0.15, 0.2) is 10.5 Å². The first kappa shape index (κ1) is 21.0. The predicted octanol–water partition coefficient (Wildman–Crippen LogP) is -1.35. The second-order valence-corrected chi connectivity index (χ2v) is 6.90. The zero-order valence-electron chi connectivity index (χ0n) is 14.7. The summed E-state index contributed by atoms with van der Waals surface area (Å²) < 4.78 is 0. The van der Waals surface area contributed by atoms with Crippen molar-refractivity contribution in [2.75, 3.05) is 18.9 Å². The molecule has 1 aromatic rings. The molecule has 0 unspecified atom stereocenters. The Morgan fingerprint density at radius 2 is 2.14 bits per heavy atom. The van der Waals surface area contributed by atoms with E-state index in [4.69, 9.17) is 25.6 Å². The number of thiazole rings is 1. The lowest BCUT2D eigenvalue weighted by atomic mass is 10.1. The number of oxime groups is 1. The van der Waals surface area contributed by atoms with Gasteiger partial charge in [-0.25, -0.2) is 19.6 Å². The Morgan fingerprint density at radius 1 is 1.46 bits per heavy atom. The van der Waals surface area contributed by atoms with Crippen LogP contribution >= 0.6 is 11.3 Å². The van der Waals surface area contributed by atoms with Gasteiger partial charge in [-0.05, 0) is 13.8 Å². The molecule has 1 aliphatic heterocycles. The number of β-lactam (4-membered cyclic amide) rings is 1. The Morgan fingerprint density at radius 3 is 2.64 bits per heavy atom. The van der Waals surface area contributed by atoms with Gasteiger partial charge in [-0.2, -0.15) is 0 Å². The number of carbonyl (C=O) groups is 4. The second-order valence-electron chi connectivity index (χ2n) is 6.01. The van der Waals surface area contributed by atoms with Gasteiger partial charge >= 0.3 is 11.9 Å². The number of aliphatic carboxylic acids is 2. The summed E-state index contributed by atoms with van der Waals surface area (Å²) >= 11 is 1.02. The zero-order valence-corrected chi connectivity index (χ0v) is 15.6. The van der Waals surface area contributed by atoms with Crippen molar-refractivity contribution in [2.24, 2.45) is 5.16 Å². The minimum Gasteiger partial charge on any atom is -0.479 e. The number of hydrogen-bond acceptors (Lipinski definition) is 10. The molecule has 0 bridgehead atoms. The molecule has 14 heteroatoms. The van der Waals surface area contributed by atoms with E-state index in [1.54, 1.807) is 0 Å². The standard InChI is InChI=1S/C14H17N5O8S/c1-14(2,12(24)25)27-18-9(7-5-28-13(15)17-7)10(22)16-6-3-19(11(6)23)26-4-8(20)21/h5-6H,3-4H2,1-2H3,(H2,15,17)(H,16,22)(H,20,21)(H,24,25)/t6-/m0/s1. The van der Waals surface area contributed by atoms with Gasteiger partial charge in [0, 0.05) is 5.38 Å². The minimum absolute atomic E-state index is 0.0342. The molecule has 2 amide bonds. The van der Waals surface area contributed by atoms with Crippen LogP contribution in [0.3, 0.4) is 0 Å². The van der Waals surface area contributed by atoms with Crippen LogP contribution in [-0.2, 0) is 28.9 Å². The fourth-order valence-corrected chi connectivity index (χ4v) is 2.33. The molecule has 1 aromatic heterocycles. The molecule has 1 atom stereocenters. The maximum absolute atomic E-state index is 12.5. The van der Waals surface area contributed by atoms with Crippen molar-refractivity contribution < 1.29 is 39.1 Å². The number of anilines is 1. The number of hydroxylamine groups is 2. The van der Waals surface area contributed by atoms with Gasteiger partial charge in [0.05, 0.1) is 6.54 Å². The van der Waals surface area contributed by atoms with Crippen LogP contribution in [0.1, 0.15) is 19.5 Å². The largest absolute Gasteiger partial charge is 0.479 e. The number of rotatable bonds is 9. The highest BCUT2D eigenvalue weighted by atomic mass is 32.1. The Labute approximate surface area is 161 Å². The molecular weight excluding hydrogens is 398 g/mol. The van der Waals surface area contributed by atoms with Gasteiger partial charge < -0.3 is 26.1 Å². The summed E-state index contributed by atoms with van der Waals surface area (Å²) in [4.78, 5) is 59.5. The highest BCUT2D eigenvalue weighted by Gasteiger charge is 2.40. The number of hydrogen-bond donors (Lipinski definition) is 4. The molecule has 0 spiro atoms. The van der Waals surface area contributed by atoms with E-state index in [1.807, 2.05) is 0 Å². The molecule has 0 aromatic carbocycles. The molecule has 152 valence electrons. The molecule has 2 rings (SSSR count). The van der Waals surface area contributed by atoms with E-state index >= 15 is 0 Å². The first-order valence-electron chi connectivity index (χ1n) is 7.69. The van der Waals surface area contributed by atoms with Crippen LogP contribution in [0.2, 0.25) is 0 Å². The quantitative estimate of drug-likeness (QED) is 0.213.